The van der Waals surface area contributed by atoms with Gasteiger partial charge in [-0.15, -0.1) is 11.3 Å². The molecule has 1 rings (SSSR count). The van der Waals surface area contributed by atoms with Gasteiger partial charge in [0.15, 0.2) is 0 Å². The van der Waals surface area contributed by atoms with Gasteiger partial charge in [-0.3, -0.25) is 4.79 Å². The smallest absolute Gasteiger partial charge is 0.262 e. The minimum atomic E-state index is -0.361. The molecule has 1 amide bonds. The number of rotatable bonds is 4. The fraction of sp³-hybridized carbons (Fsp3) is 0.545. The molecule has 1 aromatic heterocycles. The summed E-state index contributed by atoms with van der Waals surface area (Å²) in [4.78, 5) is 12.7. The molecule has 1 atom stereocenters. The number of halogens is 1. The van der Waals surface area contributed by atoms with Gasteiger partial charge >= 0.3 is 0 Å². The van der Waals surface area contributed by atoms with Gasteiger partial charge in [-0.2, -0.15) is 0 Å². The van der Waals surface area contributed by atoms with Gasteiger partial charge in [-0.05, 0) is 40.2 Å². The second kappa shape index (κ2) is 5.29. The van der Waals surface area contributed by atoms with Crippen LogP contribution in [0.25, 0.3) is 0 Å². The van der Waals surface area contributed by atoms with Crippen LogP contribution in [0.4, 0.5) is 0 Å². The molecular formula is C11H17BrN2OS. The van der Waals surface area contributed by atoms with Crippen LogP contribution in [-0.2, 0) is 0 Å². The molecule has 16 heavy (non-hydrogen) atoms. The molecule has 0 saturated carbocycles. The van der Waals surface area contributed by atoms with E-state index in [-0.39, 0.29) is 11.4 Å². The maximum Gasteiger partial charge on any atom is 0.262 e. The third-order valence-corrected chi connectivity index (χ3v) is 4.76. The van der Waals surface area contributed by atoms with E-state index in [1.54, 1.807) is 0 Å². The Hall–Kier alpha value is -0.390. The molecule has 0 radical (unpaired) electrons. The topological polar surface area (TPSA) is 55.1 Å². The average Bonchev–Trinajstić information content (AvgIpc) is 2.64. The predicted octanol–water partition coefficient (Wildman–Crippen LogP) is 2.61. The zero-order valence-electron chi connectivity index (χ0n) is 9.71. The van der Waals surface area contributed by atoms with E-state index in [1.807, 2.05) is 18.4 Å². The third-order valence-electron chi connectivity index (χ3n) is 2.92. The SMILES string of the molecule is CC(C)C(C)(CN)NC(=O)c1sccc1Br. The van der Waals surface area contributed by atoms with Crippen LogP contribution in [0.5, 0.6) is 0 Å². The number of hydrogen-bond acceptors (Lipinski definition) is 3. The van der Waals surface area contributed by atoms with Gasteiger partial charge in [0, 0.05) is 11.0 Å². The van der Waals surface area contributed by atoms with Crippen LogP contribution in [0, 0.1) is 5.92 Å². The highest BCUT2D eigenvalue weighted by Gasteiger charge is 2.29. The van der Waals surface area contributed by atoms with Crippen molar-refractivity contribution in [3.05, 3.63) is 20.8 Å². The molecule has 0 aromatic carbocycles. The minimum Gasteiger partial charge on any atom is -0.345 e. The van der Waals surface area contributed by atoms with Crippen LogP contribution in [0.2, 0.25) is 0 Å². The summed E-state index contributed by atoms with van der Waals surface area (Å²) in [5, 5.41) is 4.89. The lowest BCUT2D eigenvalue weighted by molar-refractivity contribution is 0.0887. The van der Waals surface area contributed by atoms with E-state index in [0.29, 0.717) is 17.3 Å². The maximum absolute atomic E-state index is 12.0. The molecule has 0 aliphatic rings. The fourth-order valence-electron chi connectivity index (χ4n) is 1.20. The minimum absolute atomic E-state index is 0.0662. The molecule has 0 saturated heterocycles. The first-order valence-electron chi connectivity index (χ1n) is 5.16. The lowest BCUT2D eigenvalue weighted by Crippen LogP contribution is -2.54. The van der Waals surface area contributed by atoms with Gasteiger partial charge in [0.2, 0.25) is 0 Å². The number of amides is 1. The van der Waals surface area contributed by atoms with Gasteiger partial charge in [0.1, 0.15) is 4.88 Å². The molecule has 0 bridgehead atoms. The van der Waals surface area contributed by atoms with Gasteiger partial charge < -0.3 is 11.1 Å². The molecule has 3 N–H and O–H groups in total. The van der Waals surface area contributed by atoms with Crippen molar-refractivity contribution in [2.75, 3.05) is 6.54 Å². The molecule has 3 nitrogen and oxygen atoms in total. The summed E-state index contributed by atoms with van der Waals surface area (Å²) in [6.07, 6.45) is 0. The van der Waals surface area contributed by atoms with E-state index in [2.05, 4.69) is 35.1 Å². The van der Waals surface area contributed by atoms with Crippen LogP contribution in [-0.4, -0.2) is 18.0 Å². The Morgan fingerprint density at radius 1 is 1.69 bits per heavy atom. The summed E-state index contributed by atoms with van der Waals surface area (Å²) >= 11 is 4.77. The number of nitrogens with two attached hydrogens (primary N) is 1. The average molecular weight is 305 g/mol. The molecule has 0 spiro atoms. The molecule has 1 unspecified atom stereocenters. The van der Waals surface area contributed by atoms with Gasteiger partial charge in [-0.25, -0.2) is 0 Å². The van der Waals surface area contributed by atoms with Crippen LogP contribution >= 0.6 is 27.3 Å². The molecular weight excluding hydrogens is 288 g/mol. The summed E-state index contributed by atoms with van der Waals surface area (Å²) < 4.78 is 0.832. The summed E-state index contributed by atoms with van der Waals surface area (Å²) in [5.41, 5.74) is 5.36. The van der Waals surface area contributed by atoms with Crippen LogP contribution < -0.4 is 11.1 Å². The molecule has 0 aliphatic carbocycles. The maximum atomic E-state index is 12.0. The van der Waals surface area contributed by atoms with Crippen molar-refractivity contribution in [3.8, 4) is 0 Å². The second-order valence-electron chi connectivity index (χ2n) is 4.33. The van der Waals surface area contributed by atoms with Crippen molar-refractivity contribution in [3.63, 3.8) is 0 Å². The summed E-state index contributed by atoms with van der Waals surface area (Å²) in [6.45, 7) is 6.50. The van der Waals surface area contributed by atoms with Gasteiger partial charge in [0.25, 0.3) is 5.91 Å². The molecule has 90 valence electrons. The molecule has 5 heteroatoms. The Bertz CT molecular complexity index is 378. The summed E-state index contributed by atoms with van der Waals surface area (Å²) in [6, 6.07) is 1.87. The Morgan fingerprint density at radius 2 is 2.31 bits per heavy atom. The van der Waals surface area contributed by atoms with E-state index < -0.39 is 0 Å². The van der Waals surface area contributed by atoms with Crippen molar-refractivity contribution in [1.82, 2.24) is 5.32 Å². The quantitative estimate of drug-likeness (QED) is 0.898. The standard InChI is InChI=1S/C11H17BrN2OS/c1-7(2)11(3,6-13)14-10(15)9-8(12)4-5-16-9/h4-5,7H,6,13H2,1-3H3,(H,14,15). The Labute approximate surface area is 109 Å². The summed E-state index contributed by atoms with van der Waals surface area (Å²) in [7, 11) is 0. The van der Waals surface area contributed by atoms with Crippen molar-refractivity contribution < 1.29 is 4.79 Å². The van der Waals surface area contributed by atoms with Crippen LogP contribution in [0.1, 0.15) is 30.4 Å². The number of nitrogens with one attached hydrogen (secondary N) is 1. The highest BCUT2D eigenvalue weighted by molar-refractivity contribution is 9.10. The summed E-state index contributed by atoms with van der Waals surface area (Å²) in [5.74, 6) is 0.226. The van der Waals surface area contributed by atoms with Crippen LogP contribution in [0.15, 0.2) is 15.9 Å². The van der Waals surface area contributed by atoms with E-state index in [4.69, 9.17) is 5.73 Å². The van der Waals surface area contributed by atoms with Crippen molar-refractivity contribution >= 4 is 33.2 Å². The van der Waals surface area contributed by atoms with E-state index in [1.165, 1.54) is 11.3 Å². The Morgan fingerprint density at radius 3 is 2.69 bits per heavy atom. The normalized spacial score (nSPS) is 14.9. The molecule has 0 fully saturated rings. The van der Waals surface area contributed by atoms with Gasteiger partial charge in [-0.1, -0.05) is 13.8 Å². The van der Waals surface area contributed by atoms with Gasteiger partial charge in [0.05, 0.1) is 5.54 Å². The van der Waals surface area contributed by atoms with E-state index in [0.717, 1.165) is 4.47 Å². The number of thiophene rings is 1. The number of hydrogen-bond donors (Lipinski definition) is 2. The largest absolute Gasteiger partial charge is 0.345 e. The van der Waals surface area contributed by atoms with Crippen LogP contribution in [0.3, 0.4) is 0 Å². The first kappa shape index (κ1) is 13.7. The van der Waals surface area contributed by atoms with E-state index >= 15 is 0 Å². The third kappa shape index (κ3) is 2.84. The monoisotopic (exact) mass is 304 g/mol. The zero-order valence-corrected chi connectivity index (χ0v) is 12.1. The zero-order chi connectivity index (χ0) is 12.3. The Kier molecular flexibility index (Phi) is 4.52. The highest BCUT2D eigenvalue weighted by Crippen LogP contribution is 2.24. The Balaban J connectivity index is 2.82. The van der Waals surface area contributed by atoms with Crippen molar-refractivity contribution in [2.45, 2.75) is 26.3 Å². The first-order chi connectivity index (χ1) is 7.40. The second-order valence-corrected chi connectivity index (χ2v) is 6.10. The first-order valence-corrected chi connectivity index (χ1v) is 6.83. The lowest BCUT2D eigenvalue weighted by Gasteiger charge is -2.33. The molecule has 1 aromatic rings. The number of carbonyl (C=O) groups excluding carboxylic acids is 1. The predicted molar refractivity (Wildman–Crippen MR) is 71.8 cm³/mol. The highest BCUT2D eigenvalue weighted by atomic mass is 79.9. The van der Waals surface area contributed by atoms with Crippen molar-refractivity contribution in [2.24, 2.45) is 11.7 Å². The van der Waals surface area contributed by atoms with E-state index in [9.17, 15) is 4.79 Å². The lowest BCUT2D eigenvalue weighted by atomic mass is 9.88. The molecule has 0 aliphatic heterocycles. The molecule has 1 heterocycles. The fourth-order valence-corrected chi connectivity index (χ4v) is 2.65. The number of carbonyl (C=O) groups is 1. The van der Waals surface area contributed by atoms with Crippen molar-refractivity contribution in [1.29, 1.82) is 0 Å².